The van der Waals surface area contributed by atoms with Crippen molar-refractivity contribution in [3.05, 3.63) is 41.6 Å². The number of carbonyl (C=O) groups excluding carboxylic acids is 3. The van der Waals surface area contributed by atoms with Gasteiger partial charge in [-0.1, -0.05) is 45.9 Å². The highest BCUT2D eigenvalue weighted by Crippen LogP contribution is 2.48. The number of ether oxygens (including phenoxy) is 1. The maximum atomic E-state index is 14.5. The van der Waals surface area contributed by atoms with E-state index < -0.39 is 60.4 Å². The Morgan fingerprint density at radius 3 is 2.83 bits per heavy atom. The van der Waals surface area contributed by atoms with E-state index in [1.165, 1.54) is 9.80 Å². The molecule has 0 spiro atoms. The lowest BCUT2D eigenvalue weighted by atomic mass is 9.79. The Balaban J connectivity index is 1.27. The number of likely N-dealkylation sites (N-methyl/N-ethyl adjacent to an activating group) is 1. The van der Waals surface area contributed by atoms with Crippen molar-refractivity contribution in [3.8, 4) is 0 Å². The quantitative estimate of drug-likeness (QED) is 0.502. The van der Waals surface area contributed by atoms with Crippen LogP contribution in [0.15, 0.2) is 30.5 Å². The summed E-state index contributed by atoms with van der Waals surface area (Å²) in [5.74, 6) is -5.07. The fourth-order valence-electron chi connectivity index (χ4n) is 7.89. The van der Waals surface area contributed by atoms with Gasteiger partial charge in [-0.3, -0.25) is 28.9 Å². The van der Waals surface area contributed by atoms with Crippen molar-refractivity contribution in [1.29, 1.82) is 0 Å². The Morgan fingerprint density at radius 1 is 1.29 bits per heavy atom. The van der Waals surface area contributed by atoms with E-state index in [1.54, 1.807) is 18.7 Å². The standard InChI is InChI=1S/C32H41N5O5/c1-17(2)12-25-29(39)36-11-7-10-26(36)32(41)37(25)30(40)31(42-32,18(3)4)34-28(38)20-13-22-21-8-6-9-23-27(21)19(15-33-23)14-24(22)35(5)16-20/h6,8-9,13,15,17-18,20,24-26,33,41H,7,10-12,14,16H2,1-5H3,(H,34,38)/t20-,24-,25?,26+,31+,32+/m1/s1/i5D3. The van der Waals surface area contributed by atoms with Crippen LogP contribution >= 0.6 is 0 Å². The van der Waals surface area contributed by atoms with Gasteiger partial charge in [-0.2, -0.15) is 0 Å². The van der Waals surface area contributed by atoms with E-state index in [0.717, 1.165) is 27.6 Å². The van der Waals surface area contributed by atoms with Crippen molar-refractivity contribution in [3.63, 3.8) is 0 Å². The number of hydrogen-bond acceptors (Lipinski definition) is 6. The second-order valence-electron chi connectivity index (χ2n) is 13.3. The molecule has 1 aliphatic carbocycles. The summed E-state index contributed by atoms with van der Waals surface area (Å²) in [4.78, 5) is 49.9. The highest BCUT2D eigenvalue weighted by molar-refractivity contribution is 6.01. The number of carbonyl (C=O) groups is 3. The number of nitrogens with one attached hydrogen (secondary N) is 2. The molecular formula is C32H41N5O5. The summed E-state index contributed by atoms with van der Waals surface area (Å²) in [6.07, 6.45) is 5.68. The van der Waals surface area contributed by atoms with E-state index in [-0.39, 0.29) is 18.4 Å². The highest BCUT2D eigenvalue weighted by Gasteiger charge is 2.72. The third-order valence-corrected chi connectivity index (χ3v) is 9.93. The monoisotopic (exact) mass is 578 g/mol. The molecule has 10 nitrogen and oxygen atoms in total. The second kappa shape index (κ2) is 9.39. The van der Waals surface area contributed by atoms with Crippen molar-refractivity contribution in [1.82, 2.24) is 25.0 Å². The number of hydrogen-bond donors (Lipinski definition) is 3. The molecule has 3 fully saturated rings. The lowest BCUT2D eigenvalue weighted by Gasteiger charge is -2.49. The van der Waals surface area contributed by atoms with Crippen LogP contribution < -0.4 is 5.32 Å². The third kappa shape index (κ3) is 3.70. The molecule has 0 radical (unpaired) electrons. The molecule has 3 amide bonds. The molecule has 0 saturated carbocycles. The molecule has 7 rings (SSSR count). The molecule has 224 valence electrons. The number of piperazine rings is 1. The number of fused-ring (bicyclic) bond motifs is 5. The second-order valence-corrected chi connectivity index (χ2v) is 13.3. The van der Waals surface area contributed by atoms with Crippen LogP contribution in [-0.4, -0.2) is 92.3 Å². The van der Waals surface area contributed by atoms with Crippen LogP contribution in [0.4, 0.5) is 0 Å². The molecule has 2 aromatic rings. The molecule has 1 aromatic carbocycles. The number of nitrogens with zero attached hydrogens (tertiary/aromatic N) is 3. The maximum absolute atomic E-state index is 14.5. The van der Waals surface area contributed by atoms with Gasteiger partial charge in [-0.15, -0.1) is 0 Å². The molecule has 1 unspecified atom stereocenters. The van der Waals surface area contributed by atoms with Crippen molar-refractivity contribution in [2.24, 2.45) is 17.8 Å². The van der Waals surface area contributed by atoms with Gasteiger partial charge in [0.2, 0.25) is 17.5 Å². The van der Waals surface area contributed by atoms with Gasteiger partial charge in [0, 0.05) is 46.3 Å². The van der Waals surface area contributed by atoms with Crippen LogP contribution in [0.1, 0.15) is 62.2 Å². The Hall–Kier alpha value is -3.21. The fourth-order valence-corrected chi connectivity index (χ4v) is 7.89. The smallest absolute Gasteiger partial charge is 0.281 e. The van der Waals surface area contributed by atoms with Crippen LogP contribution in [0, 0.1) is 17.8 Å². The van der Waals surface area contributed by atoms with Crippen molar-refractivity contribution in [2.75, 3.05) is 20.1 Å². The average molecular weight is 579 g/mol. The van der Waals surface area contributed by atoms with Gasteiger partial charge in [0.05, 0.1) is 5.92 Å². The number of amides is 3. The van der Waals surface area contributed by atoms with Gasteiger partial charge < -0.3 is 20.3 Å². The zero-order valence-electron chi connectivity index (χ0n) is 27.5. The molecule has 4 aliphatic heterocycles. The molecule has 3 saturated heterocycles. The summed E-state index contributed by atoms with van der Waals surface area (Å²) in [6, 6.07) is 3.68. The molecule has 0 bridgehead atoms. The number of benzene rings is 1. The number of H-pyrrole nitrogens is 1. The normalized spacial score (nSPS) is 35.6. The number of aromatic nitrogens is 1. The summed E-state index contributed by atoms with van der Waals surface area (Å²) in [5.41, 5.74) is 1.64. The first kappa shape index (κ1) is 24.3. The van der Waals surface area contributed by atoms with Crippen LogP contribution in [-0.2, 0) is 25.5 Å². The lowest BCUT2D eigenvalue weighted by molar-refractivity contribution is -0.322. The summed E-state index contributed by atoms with van der Waals surface area (Å²) < 4.78 is 31.5. The molecule has 5 aliphatic rings. The van der Waals surface area contributed by atoms with E-state index in [2.05, 4.69) is 10.3 Å². The molecule has 1 aromatic heterocycles. The number of aromatic amines is 1. The first-order chi connectivity index (χ1) is 21.2. The van der Waals surface area contributed by atoms with Gasteiger partial charge in [-0.25, -0.2) is 0 Å². The largest absolute Gasteiger partial charge is 0.361 e. The van der Waals surface area contributed by atoms with E-state index >= 15 is 0 Å². The highest BCUT2D eigenvalue weighted by atomic mass is 16.7. The topological polar surface area (TPSA) is 118 Å². The van der Waals surface area contributed by atoms with Crippen LogP contribution in [0.2, 0.25) is 0 Å². The summed E-state index contributed by atoms with van der Waals surface area (Å²) in [7, 11) is 0. The minimum Gasteiger partial charge on any atom is -0.361 e. The Morgan fingerprint density at radius 2 is 2.10 bits per heavy atom. The number of aliphatic hydroxyl groups is 1. The van der Waals surface area contributed by atoms with E-state index in [4.69, 9.17) is 8.85 Å². The van der Waals surface area contributed by atoms with Gasteiger partial charge in [0.1, 0.15) is 12.1 Å². The average Bonchev–Trinajstić information content (AvgIpc) is 3.68. The van der Waals surface area contributed by atoms with E-state index in [1.807, 2.05) is 44.3 Å². The van der Waals surface area contributed by atoms with E-state index in [9.17, 15) is 19.5 Å². The first-order valence-electron chi connectivity index (χ1n) is 16.6. The van der Waals surface area contributed by atoms with Crippen LogP contribution in [0.3, 0.4) is 0 Å². The fraction of sp³-hybridized carbons (Fsp3) is 0.594. The van der Waals surface area contributed by atoms with Gasteiger partial charge in [0.15, 0.2) is 0 Å². The van der Waals surface area contributed by atoms with Crippen LogP contribution in [0.25, 0.3) is 16.5 Å². The molecule has 42 heavy (non-hydrogen) atoms. The summed E-state index contributed by atoms with van der Waals surface area (Å²) >= 11 is 0. The summed E-state index contributed by atoms with van der Waals surface area (Å²) in [6.45, 7) is 5.24. The lowest BCUT2D eigenvalue weighted by Crippen LogP contribution is -2.71. The zero-order chi connectivity index (χ0) is 32.2. The Labute approximate surface area is 250 Å². The molecular weight excluding hydrogens is 534 g/mol. The van der Waals surface area contributed by atoms with Gasteiger partial charge >= 0.3 is 0 Å². The van der Waals surface area contributed by atoms with Crippen molar-refractivity contribution in [2.45, 2.75) is 83.1 Å². The minimum atomic E-state index is -2.48. The minimum absolute atomic E-state index is 0.0481. The molecule has 6 atom stereocenters. The predicted molar refractivity (Wildman–Crippen MR) is 156 cm³/mol. The Bertz CT molecular complexity index is 1620. The molecule has 10 heteroatoms. The third-order valence-electron chi connectivity index (χ3n) is 9.93. The van der Waals surface area contributed by atoms with E-state index in [0.29, 0.717) is 32.2 Å². The molecule has 3 N–H and O–H groups in total. The Kier molecular flexibility index (Phi) is 5.42. The van der Waals surface area contributed by atoms with Crippen molar-refractivity contribution >= 4 is 34.2 Å². The molecule has 5 heterocycles. The van der Waals surface area contributed by atoms with Gasteiger partial charge in [-0.05, 0) is 61.3 Å². The summed E-state index contributed by atoms with van der Waals surface area (Å²) in [5, 5.41) is 16.0. The number of rotatable bonds is 5. The van der Waals surface area contributed by atoms with Gasteiger partial charge in [0.25, 0.3) is 11.8 Å². The zero-order valence-corrected chi connectivity index (χ0v) is 24.5. The first-order valence-corrected chi connectivity index (χ1v) is 15.1. The van der Waals surface area contributed by atoms with Crippen LogP contribution in [0.5, 0.6) is 0 Å². The SMILES string of the molecule is [2H]C([2H])([2H])N1C[C@H](C(=O)N[C@@]2(C(C)C)O[C@@]3(O)[C@@H]4CCCN4C(=O)C(CC(C)C)N3C2=O)C=C2c3cccc4[nH]cc(c34)C[C@H]21. The maximum Gasteiger partial charge on any atom is 0.281 e. The predicted octanol–water partition coefficient (Wildman–Crippen LogP) is 2.43. The van der Waals surface area contributed by atoms with Crippen molar-refractivity contribution < 1.29 is 28.3 Å².